The van der Waals surface area contributed by atoms with Gasteiger partial charge < -0.3 is 20.5 Å². The minimum Gasteiger partial charge on any atom is -0.495 e. The minimum atomic E-state index is -1.06. The number of rotatable bonds is 5. The van der Waals surface area contributed by atoms with Gasteiger partial charge in [0, 0.05) is 11.8 Å². The number of urea groups is 1. The van der Waals surface area contributed by atoms with Crippen LogP contribution in [-0.4, -0.2) is 30.3 Å². The lowest BCUT2D eigenvalue weighted by atomic mass is 10.2. The molecule has 0 aliphatic heterocycles. The molecule has 0 aliphatic carbocycles. The molecule has 0 aromatic heterocycles. The number of amides is 2. The van der Waals surface area contributed by atoms with Crippen LogP contribution >= 0.6 is 15.9 Å². The first kappa shape index (κ1) is 15.3. The van der Waals surface area contributed by atoms with Crippen LogP contribution in [0.3, 0.4) is 0 Å². The predicted molar refractivity (Wildman–Crippen MR) is 74.6 cm³/mol. The number of ether oxygens (including phenoxy) is 1. The van der Waals surface area contributed by atoms with Gasteiger partial charge in [0.1, 0.15) is 11.8 Å². The summed E-state index contributed by atoms with van der Waals surface area (Å²) in [6.45, 7) is 1.68. The van der Waals surface area contributed by atoms with Crippen molar-refractivity contribution >= 4 is 33.6 Å². The average Bonchev–Trinajstić information content (AvgIpc) is 2.37. The summed E-state index contributed by atoms with van der Waals surface area (Å²) in [7, 11) is 1.52. The summed E-state index contributed by atoms with van der Waals surface area (Å²) in [6, 6.07) is 3.55. The molecule has 0 fully saturated rings. The molecule has 1 rings (SSSR count). The van der Waals surface area contributed by atoms with Gasteiger partial charge >= 0.3 is 12.0 Å². The van der Waals surface area contributed by atoms with Crippen LogP contribution in [0.15, 0.2) is 22.7 Å². The lowest BCUT2D eigenvalue weighted by Crippen LogP contribution is -2.42. The van der Waals surface area contributed by atoms with Gasteiger partial charge in [-0.1, -0.05) is 6.92 Å². The molecule has 0 saturated carbocycles. The number of halogens is 1. The molecular formula is C12H15BrN2O4. The SMILES string of the molecule is CCC(NC(=O)Nc1ccc(Br)c(OC)c1)C(=O)O. The van der Waals surface area contributed by atoms with Crippen molar-refractivity contribution < 1.29 is 19.4 Å². The maximum atomic E-state index is 11.6. The molecule has 2 amide bonds. The van der Waals surface area contributed by atoms with E-state index in [9.17, 15) is 9.59 Å². The number of carboxylic acid groups (broad SMARTS) is 1. The fourth-order valence-corrected chi connectivity index (χ4v) is 1.81. The van der Waals surface area contributed by atoms with E-state index < -0.39 is 18.0 Å². The van der Waals surface area contributed by atoms with Crippen LogP contribution in [0.4, 0.5) is 10.5 Å². The van der Waals surface area contributed by atoms with Gasteiger partial charge in [-0.05, 0) is 34.5 Å². The highest BCUT2D eigenvalue weighted by molar-refractivity contribution is 9.10. The fourth-order valence-electron chi connectivity index (χ4n) is 1.40. The number of carbonyl (C=O) groups excluding carboxylic acids is 1. The second kappa shape index (κ2) is 6.98. The molecule has 104 valence electrons. The highest BCUT2D eigenvalue weighted by Gasteiger charge is 2.17. The van der Waals surface area contributed by atoms with E-state index in [4.69, 9.17) is 9.84 Å². The molecule has 19 heavy (non-hydrogen) atoms. The standard InChI is InChI=1S/C12H15BrN2O4/c1-3-9(11(16)17)15-12(18)14-7-4-5-8(13)10(6-7)19-2/h4-6,9H,3H2,1-2H3,(H,16,17)(H2,14,15,18). The first-order chi connectivity index (χ1) is 8.97. The van der Waals surface area contributed by atoms with Gasteiger partial charge in [0.25, 0.3) is 0 Å². The summed E-state index contributed by atoms with van der Waals surface area (Å²) in [5, 5.41) is 13.8. The molecule has 0 spiro atoms. The number of carbonyl (C=O) groups is 2. The number of hydrogen-bond donors (Lipinski definition) is 3. The van der Waals surface area contributed by atoms with E-state index in [0.717, 1.165) is 4.47 Å². The number of anilines is 1. The van der Waals surface area contributed by atoms with Crippen molar-refractivity contribution in [1.82, 2.24) is 5.32 Å². The zero-order chi connectivity index (χ0) is 14.4. The largest absolute Gasteiger partial charge is 0.495 e. The van der Waals surface area contributed by atoms with Crippen molar-refractivity contribution in [2.75, 3.05) is 12.4 Å². The van der Waals surface area contributed by atoms with Crippen LogP contribution in [0, 0.1) is 0 Å². The number of carboxylic acids is 1. The summed E-state index contributed by atoms with van der Waals surface area (Å²) in [4.78, 5) is 22.4. The van der Waals surface area contributed by atoms with E-state index in [1.165, 1.54) is 7.11 Å². The minimum absolute atomic E-state index is 0.312. The first-order valence-corrected chi connectivity index (χ1v) is 6.41. The van der Waals surface area contributed by atoms with Crippen molar-refractivity contribution in [3.8, 4) is 5.75 Å². The van der Waals surface area contributed by atoms with Crippen molar-refractivity contribution in [2.45, 2.75) is 19.4 Å². The highest BCUT2D eigenvalue weighted by atomic mass is 79.9. The van der Waals surface area contributed by atoms with Crippen LogP contribution in [0.5, 0.6) is 5.75 Å². The molecule has 1 aromatic rings. The van der Waals surface area contributed by atoms with E-state index >= 15 is 0 Å². The van der Waals surface area contributed by atoms with Crippen LogP contribution in [-0.2, 0) is 4.79 Å². The number of nitrogens with one attached hydrogen (secondary N) is 2. The number of hydrogen-bond acceptors (Lipinski definition) is 3. The van der Waals surface area contributed by atoms with Crippen molar-refractivity contribution in [3.63, 3.8) is 0 Å². The monoisotopic (exact) mass is 330 g/mol. The molecule has 7 heteroatoms. The molecule has 1 aromatic carbocycles. The van der Waals surface area contributed by atoms with E-state index in [1.54, 1.807) is 25.1 Å². The number of benzene rings is 1. The fraction of sp³-hybridized carbons (Fsp3) is 0.333. The zero-order valence-corrected chi connectivity index (χ0v) is 12.2. The lowest BCUT2D eigenvalue weighted by molar-refractivity contribution is -0.139. The quantitative estimate of drug-likeness (QED) is 0.773. The third-order valence-electron chi connectivity index (χ3n) is 2.42. The Morgan fingerprint density at radius 2 is 2.16 bits per heavy atom. The molecule has 0 radical (unpaired) electrons. The lowest BCUT2D eigenvalue weighted by Gasteiger charge is -2.13. The maximum absolute atomic E-state index is 11.6. The van der Waals surface area contributed by atoms with Crippen LogP contribution in [0.1, 0.15) is 13.3 Å². The van der Waals surface area contributed by atoms with E-state index in [2.05, 4.69) is 26.6 Å². The number of methoxy groups -OCH3 is 1. The Hall–Kier alpha value is -1.76. The molecular weight excluding hydrogens is 316 g/mol. The molecule has 1 atom stereocenters. The molecule has 6 nitrogen and oxygen atoms in total. The van der Waals surface area contributed by atoms with Crippen molar-refractivity contribution in [3.05, 3.63) is 22.7 Å². The van der Waals surface area contributed by atoms with Gasteiger partial charge in [-0.25, -0.2) is 9.59 Å². The molecule has 0 bridgehead atoms. The van der Waals surface area contributed by atoms with Gasteiger partial charge in [-0.2, -0.15) is 0 Å². The molecule has 0 aliphatic rings. The summed E-state index contributed by atoms with van der Waals surface area (Å²) >= 11 is 3.30. The highest BCUT2D eigenvalue weighted by Crippen LogP contribution is 2.27. The molecule has 3 N–H and O–H groups in total. The summed E-state index contributed by atoms with van der Waals surface area (Å²) < 4.78 is 5.86. The van der Waals surface area contributed by atoms with Crippen LogP contribution in [0.25, 0.3) is 0 Å². The van der Waals surface area contributed by atoms with Gasteiger partial charge in [0.15, 0.2) is 0 Å². The van der Waals surface area contributed by atoms with E-state index in [-0.39, 0.29) is 0 Å². The van der Waals surface area contributed by atoms with E-state index in [0.29, 0.717) is 17.9 Å². The van der Waals surface area contributed by atoms with Gasteiger partial charge in [-0.3, -0.25) is 0 Å². The Balaban J connectivity index is 2.69. The van der Waals surface area contributed by atoms with Gasteiger partial charge in [0.2, 0.25) is 0 Å². The Kier molecular flexibility index (Phi) is 5.62. The smallest absolute Gasteiger partial charge is 0.326 e. The Morgan fingerprint density at radius 1 is 1.47 bits per heavy atom. The van der Waals surface area contributed by atoms with Crippen molar-refractivity contribution in [2.24, 2.45) is 0 Å². The van der Waals surface area contributed by atoms with Crippen molar-refractivity contribution in [1.29, 1.82) is 0 Å². The van der Waals surface area contributed by atoms with Gasteiger partial charge in [0.05, 0.1) is 11.6 Å². The van der Waals surface area contributed by atoms with Crippen LogP contribution < -0.4 is 15.4 Å². The second-order valence-corrected chi connectivity index (χ2v) is 4.60. The summed E-state index contributed by atoms with van der Waals surface area (Å²) in [5.41, 5.74) is 0.512. The molecule has 1 unspecified atom stereocenters. The average molecular weight is 331 g/mol. The second-order valence-electron chi connectivity index (χ2n) is 3.75. The number of aliphatic carboxylic acids is 1. The Labute approximate surface area is 119 Å². The van der Waals surface area contributed by atoms with Gasteiger partial charge in [-0.15, -0.1) is 0 Å². The molecule has 0 heterocycles. The topological polar surface area (TPSA) is 87.7 Å². The van der Waals surface area contributed by atoms with E-state index in [1.807, 2.05) is 0 Å². The molecule has 0 saturated heterocycles. The summed E-state index contributed by atoms with van der Waals surface area (Å²) in [6.07, 6.45) is 0.312. The van der Waals surface area contributed by atoms with Crippen LogP contribution in [0.2, 0.25) is 0 Å². The Morgan fingerprint density at radius 3 is 2.68 bits per heavy atom. The maximum Gasteiger partial charge on any atom is 0.326 e. The predicted octanol–water partition coefficient (Wildman–Crippen LogP) is 2.44. The third kappa shape index (κ3) is 4.44. The zero-order valence-electron chi connectivity index (χ0n) is 10.6. The Bertz CT molecular complexity index is 479. The summed E-state index contributed by atoms with van der Waals surface area (Å²) in [5.74, 6) is -0.492. The third-order valence-corrected chi connectivity index (χ3v) is 3.08. The normalized spacial score (nSPS) is 11.5. The first-order valence-electron chi connectivity index (χ1n) is 5.61.